The Morgan fingerprint density at radius 1 is 0.932 bits per heavy atom. The van der Waals surface area contributed by atoms with Gasteiger partial charge in [-0.15, -0.1) is 0 Å². The number of ether oxygens (including phenoxy) is 3. The maximum Gasteiger partial charge on any atom is 0.261 e. The van der Waals surface area contributed by atoms with Crippen molar-refractivity contribution in [3.05, 3.63) is 96.1 Å². The van der Waals surface area contributed by atoms with Gasteiger partial charge in [0, 0.05) is 32.8 Å². The van der Waals surface area contributed by atoms with Crippen LogP contribution in [0, 0.1) is 0 Å². The van der Waals surface area contributed by atoms with Gasteiger partial charge in [-0.25, -0.2) is 8.42 Å². The lowest BCUT2D eigenvalue weighted by atomic mass is 10.0. The lowest BCUT2D eigenvalue weighted by molar-refractivity contribution is -0.143. The van der Waals surface area contributed by atoms with Crippen LogP contribution in [0.15, 0.2) is 89.8 Å². The van der Waals surface area contributed by atoms with E-state index in [1.54, 1.807) is 0 Å². The van der Waals surface area contributed by atoms with Gasteiger partial charge in [0.1, 0.15) is 11.8 Å². The maximum atomic E-state index is 13.8. The Morgan fingerprint density at radius 2 is 1.57 bits per heavy atom. The van der Waals surface area contributed by atoms with Crippen molar-refractivity contribution < 1.29 is 32.2 Å². The van der Waals surface area contributed by atoms with Crippen molar-refractivity contribution in [3.63, 3.8) is 0 Å². The molecule has 1 heterocycles. The predicted octanol–water partition coefficient (Wildman–Crippen LogP) is 3.79. The summed E-state index contributed by atoms with van der Waals surface area (Å²) in [5.74, 6) is -0.362. The fourth-order valence-electron chi connectivity index (χ4n) is 4.78. The van der Waals surface area contributed by atoms with Crippen molar-refractivity contribution in [1.82, 2.24) is 14.5 Å². The van der Waals surface area contributed by atoms with Gasteiger partial charge >= 0.3 is 0 Å². The summed E-state index contributed by atoms with van der Waals surface area (Å²) in [4.78, 5) is 29.1. The molecule has 11 heteroatoms. The Bertz CT molecular complexity index is 1430. The molecule has 0 spiro atoms. The van der Waals surface area contributed by atoms with E-state index in [0.717, 1.165) is 5.56 Å². The first-order valence-corrected chi connectivity index (χ1v) is 16.3. The number of nitrogens with zero attached hydrogens (tertiary/aromatic N) is 2. The summed E-state index contributed by atoms with van der Waals surface area (Å²) in [6.07, 6.45) is 0.741. The van der Waals surface area contributed by atoms with Gasteiger partial charge in [-0.2, -0.15) is 4.31 Å². The summed E-state index contributed by atoms with van der Waals surface area (Å²) >= 11 is 0. The van der Waals surface area contributed by atoms with Crippen molar-refractivity contribution in [2.75, 3.05) is 46.1 Å². The molecule has 1 N–H and O–H groups in total. The average Bonchev–Trinajstić information content (AvgIpc) is 3.04. The molecule has 0 saturated carbocycles. The van der Waals surface area contributed by atoms with E-state index in [4.69, 9.17) is 14.2 Å². The number of morpholine rings is 1. The van der Waals surface area contributed by atoms with Crippen LogP contribution in [0.3, 0.4) is 0 Å². The minimum absolute atomic E-state index is 0.104. The molecule has 0 aliphatic carbocycles. The van der Waals surface area contributed by atoms with Crippen LogP contribution in [0.1, 0.15) is 37.4 Å². The Balaban J connectivity index is 1.50. The highest BCUT2D eigenvalue weighted by Gasteiger charge is 2.32. The molecule has 0 radical (unpaired) electrons. The second-order valence-corrected chi connectivity index (χ2v) is 12.6. The van der Waals surface area contributed by atoms with E-state index in [2.05, 4.69) is 5.32 Å². The third kappa shape index (κ3) is 9.36. The molecule has 44 heavy (non-hydrogen) atoms. The van der Waals surface area contributed by atoms with Crippen LogP contribution in [0.25, 0.3) is 0 Å². The van der Waals surface area contributed by atoms with Crippen LogP contribution in [0.4, 0.5) is 0 Å². The van der Waals surface area contributed by atoms with Gasteiger partial charge in [0.15, 0.2) is 6.61 Å². The van der Waals surface area contributed by atoms with Crippen molar-refractivity contribution in [3.8, 4) is 5.75 Å². The van der Waals surface area contributed by atoms with E-state index >= 15 is 0 Å². The van der Waals surface area contributed by atoms with Gasteiger partial charge in [-0.1, -0.05) is 60.7 Å². The van der Waals surface area contributed by atoms with Crippen LogP contribution >= 0.6 is 0 Å². The Hall–Kier alpha value is -3.77. The smallest absolute Gasteiger partial charge is 0.261 e. The molecular weight excluding hydrogens is 582 g/mol. The van der Waals surface area contributed by atoms with Crippen molar-refractivity contribution in [1.29, 1.82) is 0 Å². The zero-order chi connectivity index (χ0) is 31.4. The standard InChI is InChI=1S/C33H41N3O7S/c1-26(2)42-21-9-18-34-33(38)32(28-12-7-4-8-13-28)36(24-27-10-5-3-6-11-27)31(37)25-43-29-14-16-30(17-15-29)44(39,40)35-19-22-41-23-20-35/h3-8,10-17,26,32H,9,18-25H2,1-2H3,(H,34,38)/t32-/m1/s1. The lowest BCUT2D eigenvalue weighted by Gasteiger charge is -2.31. The van der Waals surface area contributed by atoms with Crippen molar-refractivity contribution in [2.24, 2.45) is 0 Å². The quantitative estimate of drug-likeness (QED) is 0.256. The minimum Gasteiger partial charge on any atom is -0.484 e. The number of rotatable bonds is 15. The van der Waals surface area contributed by atoms with E-state index in [0.29, 0.717) is 57.2 Å². The molecule has 1 aliphatic rings. The summed E-state index contributed by atoms with van der Waals surface area (Å²) < 4.78 is 44.0. The highest BCUT2D eigenvalue weighted by molar-refractivity contribution is 7.89. The van der Waals surface area contributed by atoms with E-state index in [1.165, 1.54) is 33.5 Å². The molecule has 3 aromatic rings. The highest BCUT2D eigenvalue weighted by Crippen LogP contribution is 2.25. The molecule has 1 aliphatic heterocycles. The summed E-state index contributed by atoms with van der Waals surface area (Å²) in [7, 11) is -3.66. The third-order valence-electron chi connectivity index (χ3n) is 7.06. The number of carbonyl (C=O) groups is 2. The molecule has 0 bridgehead atoms. The van der Waals surface area contributed by atoms with Crippen LogP contribution in [0.5, 0.6) is 5.75 Å². The van der Waals surface area contributed by atoms with E-state index in [9.17, 15) is 18.0 Å². The SMILES string of the molecule is CC(C)OCCCNC(=O)[C@@H](c1ccccc1)N(Cc1ccccc1)C(=O)COc1ccc(S(=O)(=O)N2CCOCC2)cc1. The molecule has 10 nitrogen and oxygen atoms in total. The molecule has 0 aromatic heterocycles. The van der Waals surface area contributed by atoms with Crippen molar-refractivity contribution >= 4 is 21.8 Å². The summed E-state index contributed by atoms with van der Waals surface area (Å²) in [5.41, 5.74) is 1.53. The van der Waals surface area contributed by atoms with Gasteiger partial charge < -0.3 is 24.4 Å². The summed E-state index contributed by atoms with van der Waals surface area (Å²) in [6.45, 7) is 5.99. The number of carbonyl (C=O) groups excluding carboxylic acids is 2. The second-order valence-electron chi connectivity index (χ2n) is 10.7. The minimum atomic E-state index is -3.66. The van der Waals surface area contributed by atoms with E-state index < -0.39 is 22.0 Å². The van der Waals surface area contributed by atoms with E-state index in [-0.39, 0.29) is 30.1 Å². The zero-order valence-corrected chi connectivity index (χ0v) is 26.1. The average molecular weight is 624 g/mol. The molecular formula is C33H41N3O7S. The highest BCUT2D eigenvalue weighted by atomic mass is 32.2. The number of nitrogens with one attached hydrogen (secondary N) is 1. The molecule has 236 valence electrons. The second kappa shape index (κ2) is 16.3. The largest absolute Gasteiger partial charge is 0.484 e. The monoisotopic (exact) mass is 623 g/mol. The Kier molecular flexibility index (Phi) is 12.3. The first-order chi connectivity index (χ1) is 21.3. The molecule has 4 rings (SSSR count). The molecule has 2 amide bonds. The van der Waals surface area contributed by atoms with Crippen LogP contribution in [-0.2, 0) is 35.6 Å². The van der Waals surface area contributed by atoms with Gasteiger partial charge in [-0.05, 0) is 55.7 Å². The van der Waals surface area contributed by atoms with E-state index in [1.807, 2.05) is 74.5 Å². The molecule has 1 fully saturated rings. The summed E-state index contributed by atoms with van der Waals surface area (Å²) in [6, 6.07) is 23.7. The number of hydrogen-bond acceptors (Lipinski definition) is 7. The van der Waals surface area contributed by atoms with Gasteiger partial charge in [0.05, 0.1) is 24.2 Å². The molecule has 0 unspecified atom stereocenters. The fourth-order valence-corrected chi connectivity index (χ4v) is 6.19. The van der Waals surface area contributed by atoms with Crippen LogP contribution in [-0.4, -0.2) is 81.6 Å². The topological polar surface area (TPSA) is 114 Å². The van der Waals surface area contributed by atoms with Crippen LogP contribution in [0.2, 0.25) is 0 Å². The molecule has 1 saturated heterocycles. The predicted molar refractivity (Wildman–Crippen MR) is 166 cm³/mol. The zero-order valence-electron chi connectivity index (χ0n) is 25.3. The first kappa shape index (κ1) is 33.1. The Morgan fingerprint density at radius 3 is 2.20 bits per heavy atom. The maximum absolute atomic E-state index is 13.8. The third-order valence-corrected chi connectivity index (χ3v) is 8.97. The first-order valence-electron chi connectivity index (χ1n) is 14.8. The number of benzene rings is 3. The normalized spacial score (nSPS) is 14.6. The van der Waals surface area contributed by atoms with Gasteiger partial charge in [-0.3, -0.25) is 9.59 Å². The van der Waals surface area contributed by atoms with Gasteiger partial charge in [0.2, 0.25) is 15.9 Å². The van der Waals surface area contributed by atoms with Crippen molar-refractivity contribution in [2.45, 2.75) is 43.9 Å². The molecule has 1 atom stereocenters. The van der Waals surface area contributed by atoms with Crippen LogP contribution < -0.4 is 10.1 Å². The summed E-state index contributed by atoms with van der Waals surface area (Å²) in [5, 5.41) is 2.97. The Labute approximate surface area is 260 Å². The van der Waals surface area contributed by atoms with Gasteiger partial charge in [0.25, 0.3) is 5.91 Å². The fraction of sp³-hybridized carbons (Fsp3) is 0.394. The number of amides is 2. The molecule has 3 aromatic carbocycles. The number of sulfonamides is 1. The number of hydrogen-bond donors (Lipinski definition) is 1. The lowest BCUT2D eigenvalue weighted by Crippen LogP contribution is -2.45.